The van der Waals surface area contributed by atoms with E-state index in [1.165, 1.54) is 82.2 Å². The first-order valence-electron chi connectivity index (χ1n) is 21.1. The number of hydrogen-bond donors (Lipinski definition) is 0. The molecule has 61 heavy (non-hydrogen) atoms. The highest BCUT2D eigenvalue weighted by atomic mass is 14.9. The van der Waals surface area contributed by atoms with Crippen LogP contribution in [0.1, 0.15) is 25.0 Å². The van der Waals surface area contributed by atoms with Crippen molar-refractivity contribution in [2.75, 3.05) is 0 Å². The van der Waals surface area contributed by atoms with Gasteiger partial charge in [0.05, 0.1) is 11.4 Å². The van der Waals surface area contributed by atoms with Gasteiger partial charge in [-0.05, 0) is 106 Å². The third kappa shape index (κ3) is 5.64. The summed E-state index contributed by atoms with van der Waals surface area (Å²) < 4.78 is 0. The van der Waals surface area contributed by atoms with Crippen LogP contribution in [-0.2, 0) is 5.41 Å². The molecule has 10 aromatic carbocycles. The van der Waals surface area contributed by atoms with Crippen LogP contribution in [0.2, 0.25) is 0 Å². The fourth-order valence-corrected chi connectivity index (χ4v) is 10.0. The maximum atomic E-state index is 5.26. The SMILES string of the molecule is CC1(C)c2cc(-c3ccc(-c4ccc(-c5cc(-c6ccc7ccccc7c6)nc(-c6ccccc6)n5)c5ccccc45)c4ccccc34)ccc2-c2c1ccc1ccccc21. The third-order valence-corrected chi connectivity index (χ3v) is 13.1. The molecule has 0 atom stereocenters. The normalized spacial score (nSPS) is 12.9. The van der Waals surface area contributed by atoms with E-state index in [0.29, 0.717) is 5.82 Å². The van der Waals surface area contributed by atoms with Gasteiger partial charge in [-0.3, -0.25) is 0 Å². The fraction of sp³-hybridized carbons (Fsp3) is 0.0508. The van der Waals surface area contributed by atoms with Gasteiger partial charge in [0.1, 0.15) is 0 Å². The van der Waals surface area contributed by atoms with Gasteiger partial charge in [-0.25, -0.2) is 9.97 Å². The molecule has 0 saturated heterocycles. The first-order chi connectivity index (χ1) is 30.0. The van der Waals surface area contributed by atoms with Crippen LogP contribution in [0, 0.1) is 0 Å². The minimum absolute atomic E-state index is 0.108. The lowest BCUT2D eigenvalue weighted by Gasteiger charge is -2.22. The van der Waals surface area contributed by atoms with Crippen molar-refractivity contribution in [2.45, 2.75) is 19.3 Å². The van der Waals surface area contributed by atoms with E-state index in [4.69, 9.17) is 9.97 Å². The Bertz CT molecular complexity index is 3560. The predicted octanol–water partition coefficient (Wildman–Crippen LogP) is 15.7. The van der Waals surface area contributed by atoms with E-state index in [-0.39, 0.29) is 5.41 Å². The molecule has 0 fully saturated rings. The maximum absolute atomic E-state index is 5.26. The summed E-state index contributed by atoms with van der Waals surface area (Å²) in [5.41, 5.74) is 15.2. The molecule has 286 valence electrons. The minimum atomic E-state index is -0.108. The average molecular weight is 777 g/mol. The topological polar surface area (TPSA) is 25.8 Å². The van der Waals surface area contributed by atoms with Crippen LogP contribution in [-0.4, -0.2) is 9.97 Å². The smallest absolute Gasteiger partial charge is 0.160 e. The van der Waals surface area contributed by atoms with E-state index in [1.54, 1.807) is 0 Å². The van der Waals surface area contributed by atoms with E-state index in [9.17, 15) is 0 Å². The zero-order valence-corrected chi connectivity index (χ0v) is 34.0. The summed E-state index contributed by atoms with van der Waals surface area (Å²) in [6, 6.07) is 75.0. The van der Waals surface area contributed by atoms with Crippen molar-refractivity contribution in [3.63, 3.8) is 0 Å². The van der Waals surface area contributed by atoms with Gasteiger partial charge in [0.15, 0.2) is 5.82 Å². The molecule has 1 aromatic heterocycles. The third-order valence-electron chi connectivity index (χ3n) is 13.1. The number of benzene rings is 10. The zero-order chi connectivity index (χ0) is 40.7. The summed E-state index contributed by atoms with van der Waals surface area (Å²) in [6.07, 6.45) is 0. The summed E-state index contributed by atoms with van der Waals surface area (Å²) in [4.78, 5) is 10.4. The standard InChI is InChI=1S/C59H40N2/c1-59(2)53-33-27-38-15-8-9-19-44(38)57(53)52-28-26-41(35-54(52)59)43-29-30-49(46-21-11-10-20-45(43)46)50-31-32-51(48-23-13-12-22-47(48)50)56-36-55(60-58(61-56)39-16-4-3-5-17-39)42-25-24-37-14-6-7-18-40(37)34-42/h3-36H,1-2H3. The molecule has 2 nitrogen and oxygen atoms in total. The predicted molar refractivity (Wildman–Crippen MR) is 257 cm³/mol. The minimum Gasteiger partial charge on any atom is -0.228 e. The lowest BCUT2D eigenvalue weighted by atomic mass is 9.81. The highest BCUT2D eigenvalue weighted by molar-refractivity contribution is 6.12. The molecule has 0 unspecified atom stereocenters. The van der Waals surface area contributed by atoms with Crippen LogP contribution in [0.15, 0.2) is 206 Å². The second-order valence-electron chi connectivity index (χ2n) is 16.9. The Morgan fingerprint density at radius 1 is 0.311 bits per heavy atom. The Morgan fingerprint density at radius 3 is 1.57 bits per heavy atom. The summed E-state index contributed by atoms with van der Waals surface area (Å²) in [5.74, 6) is 0.711. The second-order valence-corrected chi connectivity index (χ2v) is 16.9. The van der Waals surface area contributed by atoms with Gasteiger partial charge >= 0.3 is 0 Å². The Labute approximate surface area is 355 Å². The zero-order valence-electron chi connectivity index (χ0n) is 34.0. The van der Waals surface area contributed by atoms with Crippen LogP contribution in [0.25, 0.3) is 110 Å². The van der Waals surface area contributed by atoms with Crippen molar-refractivity contribution >= 4 is 43.1 Å². The lowest BCUT2D eigenvalue weighted by Crippen LogP contribution is -2.15. The molecule has 0 N–H and O–H groups in total. The molecule has 11 aromatic rings. The van der Waals surface area contributed by atoms with Crippen molar-refractivity contribution in [3.8, 4) is 67.3 Å². The van der Waals surface area contributed by atoms with Crippen molar-refractivity contribution in [1.29, 1.82) is 0 Å². The Kier molecular flexibility index (Phi) is 7.92. The summed E-state index contributed by atoms with van der Waals surface area (Å²) in [7, 11) is 0. The van der Waals surface area contributed by atoms with Gasteiger partial charge < -0.3 is 0 Å². The molecule has 0 bridgehead atoms. The Hall–Kier alpha value is -7.68. The van der Waals surface area contributed by atoms with E-state index < -0.39 is 0 Å². The quantitative estimate of drug-likeness (QED) is 0.174. The van der Waals surface area contributed by atoms with Crippen molar-refractivity contribution < 1.29 is 0 Å². The monoisotopic (exact) mass is 776 g/mol. The summed E-state index contributed by atoms with van der Waals surface area (Å²) in [6.45, 7) is 4.75. The molecular weight excluding hydrogens is 737 g/mol. The number of fused-ring (bicyclic) bond motifs is 8. The summed E-state index contributed by atoms with van der Waals surface area (Å²) >= 11 is 0. The first-order valence-corrected chi connectivity index (χ1v) is 21.1. The average Bonchev–Trinajstić information content (AvgIpc) is 3.56. The number of nitrogens with zero attached hydrogens (tertiary/aromatic N) is 2. The van der Waals surface area contributed by atoms with Crippen LogP contribution < -0.4 is 0 Å². The maximum Gasteiger partial charge on any atom is 0.160 e. The van der Waals surface area contributed by atoms with E-state index in [0.717, 1.165) is 33.5 Å². The molecule has 2 heteroatoms. The molecule has 1 aliphatic carbocycles. The van der Waals surface area contributed by atoms with E-state index in [1.807, 2.05) is 18.2 Å². The van der Waals surface area contributed by atoms with Gasteiger partial charge in [-0.15, -0.1) is 0 Å². The van der Waals surface area contributed by atoms with Crippen LogP contribution in [0.3, 0.4) is 0 Å². The number of rotatable bonds is 5. The van der Waals surface area contributed by atoms with Gasteiger partial charge in [0.2, 0.25) is 0 Å². The van der Waals surface area contributed by atoms with Gasteiger partial charge in [0.25, 0.3) is 0 Å². The van der Waals surface area contributed by atoms with Gasteiger partial charge in [0, 0.05) is 22.1 Å². The van der Waals surface area contributed by atoms with Gasteiger partial charge in [-0.1, -0.05) is 202 Å². The molecule has 0 aliphatic heterocycles. The van der Waals surface area contributed by atoms with Crippen LogP contribution >= 0.6 is 0 Å². The molecule has 0 amide bonds. The van der Waals surface area contributed by atoms with Crippen LogP contribution in [0.4, 0.5) is 0 Å². The lowest BCUT2D eigenvalue weighted by molar-refractivity contribution is 0.661. The molecular formula is C59H40N2. The summed E-state index contributed by atoms with van der Waals surface area (Å²) in [5, 5.41) is 9.84. The second kappa shape index (κ2) is 13.7. The number of aromatic nitrogens is 2. The molecule has 0 saturated carbocycles. The van der Waals surface area contributed by atoms with E-state index >= 15 is 0 Å². The number of hydrogen-bond acceptors (Lipinski definition) is 2. The van der Waals surface area contributed by atoms with Gasteiger partial charge in [-0.2, -0.15) is 0 Å². The van der Waals surface area contributed by atoms with Crippen molar-refractivity contribution in [2.24, 2.45) is 0 Å². The first kappa shape index (κ1) is 35.3. The molecule has 0 radical (unpaired) electrons. The van der Waals surface area contributed by atoms with Crippen molar-refractivity contribution in [1.82, 2.24) is 9.97 Å². The molecule has 1 heterocycles. The Morgan fingerprint density at radius 2 is 0.836 bits per heavy atom. The largest absolute Gasteiger partial charge is 0.228 e. The van der Waals surface area contributed by atoms with E-state index in [2.05, 4.69) is 202 Å². The fourth-order valence-electron chi connectivity index (χ4n) is 10.0. The Balaban J connectivity index is 0.994. The van der Waals surface area contributed by atoms with Crippen LogP contribution in [0.5, 0.6) is 0 Å². The molecule has 1 aliphatic rings. The highest BCUT2D eigenvalue weighted by Gasteiger charge is 2.36. The van der Waals surface area contributed by atoms with Crippen molar-refractivity contribution in [3.05, 3.63) is 217 Å². The molecule has 0 spiro atoms. The highest BCUT2D eigenvalue weighted by Crippen LogP contribution is 2.52. The molecule has 12 rings (SSSR count).